The van der Waals surface area contributed by atoms with Gasteiger partial charge in [0.05, 0.1) is 4.90 Å². The molecule has 9 heteroatoms. The SMILES string of the molecule is C[Si](C)(C)CCOCn1ccc(S(=O)(=O)C(F)(F)F)c1. The summed E-state index contributed by atoms with van der Waals surface area (Å²) in [5, 5.41) is 0. The standard InChI is InChI=1S/C11H18F3NO3SSi/c1-20(2,3)7-6-18-9-15-5-4-10(8-15)19(16,17)11(12,13)14/h4-5,8H,6-7,9H2,1-3H3. The van der Waals surface area contributed by atoms with Crippen LogP contribution in [0.3, 0.4) is 0 Å². The van der Waals surface area contributed by atoms with Gasteiger partial charge in [-0.15, -0.1) is 0 Å². The number of sulfone groups is 1. The number of alkyl halides is 3. The molecule has 4 nitrogen and oxygen atoms in total. The first-order valence-electron chi connectivity index (χ1n) is 5.98. The first-order chi connectivity index (χ1) is 8.93. The average Bonchev–Trinajstić information content (AvgIpc) is 2.70. The predicted molar refractivity (Wildman–Crippen MR) is 71.8 cm³/mol. The Balaban J connectivity index is 2.61. The quantitative estimate of drug-likeness (QED) is 0.595. The number of rotatable bonds is 6. The first kappa shape index (κ1) is 17.2. The van der Waals surface area contributed by atoms with Gasteiger partial charge in [0.1, 0.15) is 6.73 Å². The molecule has 0 unspecified atom stereocenters. The van der Waals surface area contributed by atoms with E-state index in [4.69, 9.17) is 4.74 Å². The number of halogens is 3. The minimum Gasteiger partial charge on any atom is -0.361 e. The van der Waals surface area contributed by atoms with Crippen LogP contribution in [-0.2, 0) is 21.3 Å². The lowest BCUT2D eigenvalue weighted by Crippen LogP contribution is -2.23. The lowest BCUT2D eigenvalue weighted by Gasteiger charge is -2.15. The van der Waals surface area contributed by atoms with Crippen molar-refractivity contribution in [3.05, 3.63) is 18.5 Å². The second-order valence-electron chi connectivity index (χ2n) is 5.66. The van der Waals surface area contributed by atoms with Crippen LogP contribution in [0.4, 0.5) is 13.2 Å². The molecule has 0 aliphatic heterocycles. The molecule has 1 heterocycles. The molecule has 0 N–H and O–H groups in total. The van der Waals surface area contributed by atoms with Crippen molar-refractivity contribution in [2.45, 2.75) is 42.8 Å². The second-order valence-corrected chi connectivity index (χ2v) is 13.2. The molecular weight excluding hydrogens is 311 g/mol. The maximum Gasteiger partial charge on any atom is 0.501 e. The summed E-state index contributed by atoms with van der Waals surface area (Å²) in [4.78, 5) is -0.765. The normalized spacial score (nSPS) is 13.7. The maximum absolute atomic E-state index is 12.3. The van der Waals surface area contributed by atoms with Crippen molar-refractivity contribution in [2.24, 2.45) is 0 Å². The van der Waals surface area contributed by atoms with Gasteiger partial charge in [-0.2, -0.15) is 13.2 Å². The Morgan fingerprint density at radius 1 is 1.30 bits per heavy atom. The molecule has 0 saturated heterocycles. The Bertz CT molecular complexity index is 546. The molecule has 0 bridgehead atoms. The van der Waals surface area contributed by atoms with Gasteiger partial charge in [0.2, 0.25) is 0 Å². The van der Waals surface area contributed by atoms with E-state index in [1.54, 1.807) is 0 Å². The largest absolute Gasteiger partial charge is 0.501 e. The van der Waals surface area contributed by atoms with Crippen LogP contribution in [0.2, 0.25) is 25.7 Å². The first-order valence-corrected chi connectivity index (χ1v) is 11.2. The molecule has 0 amide bonds. The van der Waals surface area contributed by atoms with Crippen molar-refractivity contribution in [3.63, 3.8) is 0 Å². The molecule has 0 aliphatic carbocycles. The number of hydrogen-bond donors (Lipinski definition) is 0. The fourth-order valence-corrected chi connectivity index (χ4v) is 2.88. The predicted octanol–water partition coefficient (Wildman–Crippen LogP) is 3.09. The number of ether oxygens (including phenoxy) is 1. The fraction of sp³-hybridized carbons (Fsp3) is 0.636. The van der Waals surface area contributed by atoms with Crippen molar-refractivity contribution in [2.75, 3.05) is 6.61 Å². The Morgan fingerprint density at radius 2 is 1.90 bits per heavy atom. The summed E-state index contributed by atoms with van der Waals surface area (Å²) >= 11 is 0. The van der Waals surface area contributed by atoms with Gasteiger partial charge >= 0.3 is 5.51 Å². The molecule has 1 aromatic heterocycles. The molecule has 1 rings (SSSR count). The van der Waals surface area contributed by atoms with Crippen LogP contribution in [-0.4, -0.2) is 33.2 Å². The van der Waals surface area contributed by atoms with Crippen molar-refractivity contribution < 1.29 is 26.3 Å². The van der Waals surface area contributed by atoms with Crippen molar-refractivity contribution in [1.29, 1.82) is 0 Å². The van der Waals surface area contributed by atoms with Crippen LogP contribution in [0.1, 0.15) is 0 Å². The van der Waals surface area contributed by atoms with Gasteiger partial charge < -0.3 is 9.30 Å². The van der Waals surface area contributed by atoms with E-state index in [9.17, 15) is 21.6 Å². The molecule has 1 aromatic rings. The molecule has 0 aromatic carbocycles. The zero-order valence-corrected chi connectivity index (χ0v) is 13.4. The molecule has 0 aliphatic rings. The molecule has 20 heavy (non-hydrogen) atoms. The Labute approximate surface area is 117 Å². The minimum absolute atomic E-state index is 0.0395. The molecular formula is C11H18F3NO3SSi. The van der Waals surface area contributed by atoms with Gasteiger partial charge in [-0.3, -0.25) is 0 Å². The van der Waals surface area contributed by atoms with E-state index >= 15 is 0 Å². The zero-order chi connectivity index (χ0) is 15.6. The van der Waals surface area contributed by atoms with Crippen LogP contribution in [0, 0.1) is 0 Å². The van der Waals surface area contributed by atoms with Crippen LogP contribution in [0.25, 0.3) is 0 Å². The van der Waals surface area contributed by atoms with Crippen molar-refractivity contribution >= 4 is 17.9 Å². The highest BCUT2D eigenvalue weighted by molar-refractivity contribution is 7.92. The zero-order valence-electron chi connectivity index (χ0n) is 11.6. The van der Waals surface area contributed by atoms with Crippen molar-refractivity contribution in [1.82, 2.24) is 4.57 Å². The summed E-state index contributed by atoms with van der Waals surface area (Å²) in [7, 11) is -6.50. The summed E-state index contributed by atoms with van der Waals surface area (Å²) in [5.74, 6) is 0. The van der Waals surface area contributed by atoms with Gasteiger partial charge in [-0.25, -0.2) is 8.42 Å². The van der Waals surface area contributed by atoms with Gasteiger partial charge in [0.25, 0.3) is 9.84 Å². The van der Waals surface area contributed by atoms with Crippen LogP contribution < -0.4 is 0 Å². The highest BCUT2D eigenvalue weighted by Gasteiger charge is 2.47. The van der Waals surface area contributed by atoms with E-state index in [0.717, 1.165) is 18.3 Å². The lowest BCUT2D eigenvalue weighted by atomic mass is 10.7. The number of aromatic nitrogens is 1. The molecule has 116 valence electrons. The van der Waals surface area contributed by atoms with Crippen LogP contribution >= 0.6 is 0 Å². The van der Waals surface area contributed by atoms with Gasteiger partial charge in [-0.1, -0.05) is 19.6 Å². The topological polar surface area (TPSA) is 48.3 Å². The molecule has 0 spiro atoms. The third-order valence-corrected chi connectivity index (χ3v) is 5.75. The van der Waals surface area contributed by atoms with Gasteiger partial charge in [0.15, 0.2) is 0 Å². The van der Waals surface area contributed by atoms with E-state index < -0.39 is 28.3 Å². The van der Waals surface area contributed by atoms with Gasteiger partial charge in [0, 0.05) is 27.1 Å². The minimum atomic E-state index is -5.28. The van der Waals surface area contributed by atoms with E-state index in [2.05, 4.69) is 19.6 Å². The second kappa shape index (κ2) is 5.90. The number of hydrogen-bond acceptors (Lipinski definition) is 3. The molecule has 0 fully saturated rings. The third kappa shape index (κ3) is 4.64. The van der Waals surface area contributed by atoms with E-state index in [1.165, 1.54) is 10.8 Å². The average molecular weight is 329 g/mol. The van der Waals surface area contributed by atoms with Crippen molar-refractivity contribution in [3.8, 4) is 0 Å². The summed E-state index contributed by atoms with van der Waals surface area (Å²) < 4.78 is 65.9. The van der Waals surface area contributed by atoms with Crippen LogP contribution in [0.15, 0.2) is 23.4 Å². The Kier molecular flexibility index (Phi) is 5.09. The third-order valence-electron chi connectivity index (χ3n) is 2.58. The fourth-order valence-electron chi connectivity index (χ4n) is 1.34. The summed E-state index contributed by atoms with van der Waals surface area (Å²) in [5.41, 5.74) is -5.28. The smallest absolute Gasteiger partial charge is 0.361 e. The Hall–Kier alpha value is -0.803. The molecule has 0 atom stereocenters. The maximum atomic E-state index is 12.3. The van der Waals surface area contributed by atoms with Crippen LogP contribution in [0.5, 0.6) is 0 Å². The van der Waals surface area contributed by atoms with E-state index in [0.29, 0.717) is 6.61 Å². The highest BCUT2D eigenvalue weighted by Crippen LogP contribution is 2.30. The summed E-state index contributed by atoms with van der Waals surface area (Å²) in [6.07, 6.45) is 2.19. The summed E-state index contributed by atoms with van der Waals surface area (Å²) in [6.45, 7) is 7.09. The monoisotopic (exact) mass is 329 g/mol. The Morgan fingerprint density at radius 3 is 2.40 bits per heavy atom. The van der Waals surface area contributed by atoms with E-state index in [1.807, 2.05) is 0 Å². The highest BCUT2D eigenvalue weighted by atomic mass is 32.2. The van der Waals surface area contributed by atoms with E-state index in [-0.39, 0.29) is 6.73 Å². The number of nitrogens with zero attached hydrogens (tertiary/aromatic N) is 1. The summed E-state index contributed by atoms with van der Waals surface area (Å²) in [6, 6.07) is 1.85. The molecule has 0 saturated carbocycles. The molecule has 0 radical (unpaired) electrons. The van der Waals surface area contributed by atoms with Gasteiger partial charge in [-0.05, 0) is 12.1 Å². The lowest BCUT2D eigenvalue weighted by molar-refractivity contribution is -0.0436.